The number of esters is 2. The quantitative estimate of drug-likeness (QED) is 0.510. The summed E-state index contributed by atoms with van der Waals surface area (Å²) >= 11 is 0. The normalized spacial score (nSPS) is 48.3. The van der Waals surface area contributed by atoms with E-state index in [1.807, 2.05) is 0 Å². The van der Waals surface area contributed by atoms with Gasteiger partial charge in [0.2, 0.25) is 0 Å². The van der Waals surface area contributed by atoms with Crippen LogP contribution in [0.5, 0.6) is 0 Å². The first kappa shape index (κ1) is 27.1. The third kappa shape index (κ3) is 4.67. The summed E-state index contributed by atoms with van der Waals surface area (Å²) in [5.41, 5.74) is 0.364. The standard InChI is InChI=1S/C31H49NO5/c1-17-13-26(35)29(32-16-17)18(2)28-27(37-20(4)34)15-25-23-8-7-21-14-22(36-19(3)33)9-11-30(21,5)24(23)10-12-31(25,28)6/h17-18,21-25,27-29,32H,7-16H2,1-6H3/t17-,18+,21+,22+,23-,24+,25+,27+,28+,29-,30+,31+/m1/s1. The largest absolute Gasteiger partial charge is 0.463 e. The van der Waals surface area contributed by atoms with Gasteiger partial charge in [0.1, 0.15) is 18.0 Å². The van der Waals surface area contributed by atoms with Crippen molar-refractivity contribution in [2.75, 3.05) is 6.54 Å². The molecule has 0 amide bonds. The lowest BCUT2D eigenvalue weighted by atomic mass is 9.44. The van der Waals surface area contributed by atoms with E-state index in [0.717, 1.165) is 38.6 Å². The number of hydrogen-bond donors (Lipinski definition) is 1. The van der Waals surface area contributed by atoms with E-state index in [4.69, 9.17) is 9.47 Å². The van der Waals surface area contributed by atoms with Crippen LogP contribution < -0.4 is 5.32 Å². The van der Waals surface area contributed by atoms with E-state index < -0.39 is 0 Å². The maximum atomic E-state index is 13.1. The molecule has 5 fully saturated rings. The van der Waals surface area contributed by atoms with Crippen LogP contribution in [-0.4, -0.2) is 42.5 Å². The Bertz CT molecular complexity index is 919. The molecule has 0 aromatic rings. The van der Waals surface area contributed by atoms with Crippen molar-refractivity contribution in [3.05, 3.63) is 0 Å². The highest BCUT2D eigenvalue weighted by atomic mass is 16.5. The summed E-state index contributed by atoms with van der Waals surface area (Å²) in [5, 5.41) is 3.57. The molecule has 12 atom stereocenters. The van der Waals surface area contributed by atoms with E-state index in [1.54, 1.807) is 0 Å². The summed E-state index contributed by atoms with van der Waals surface area (Å²) in [6.07, 6.45) is 9.41. The van der Waals surface area contributed by atoms with Gasteiger partial charge >= 0.3 is 11.9 Å². The SMILES string of the molecule is CC(=O)O[C@H]1CC[C@@]2(C)[C@@H](CC[C@@H]3[C@@H]2CC[C@]2(C)[C@@H]([C@H](C)[C@H]4NC[C@H](C)CC4=O)[C@@H](OC(C)=O)C[C@@H]32)C1. The predicted octanol–water partition coefficient (Wildman–Crippen LogP) is 5.32. The summed E-state index contributed by atoms with van der Waals surface area (Å²) in [6.45, 7) is 13.3. The molecule has 0 aromatic carbocycles. The fourth-order valence-corrected chi connectivity index (χ4v) is 10.5. The molecule has 1 aliphatic heterocycles. The Hall–Kier alpha value is -1.43. The molecule has 6 nitrogen and oxygen atoms in total. The van der Waals surface area contributed by atoms with E-state index in [2.05, 4.69) is 33.0 Å². The third-order valence-corrected chi connectivity index (χ3v) is 12.0. The fourth-order valence-electron chi connectivity index (χ4n) is 10.5. The summed E-state index contributed by atoms with van der Waals surface area (Å²) in [6, 6.07) is -0.141. The molecule has 5 rings (SSSR count). The van der Waals surface area contributed by atoms with Crippen LogP contribution in [0.1, 0.15) is 99.3 Å². The van der Waals surface area contributed by atoms with Crippen LogP contribution in [0.4, 0.5) is 0 Å². The molecule has 1 heterocycles. The van der Waals surface area contributed by atoms with Crippen LogP contribution in [0.15, 0.2) is 0 Å². The first-order valence-electron chi connectivity index (χ1n) is 15.0. The first-order chi connectivity index (χ1) is 17.4. The molecule has 0 bridgehead atoms. The topological polar surface area (TPSA) is 81.7 Å². The molecular formula is C31H49NO5. The van der Waals surface area contributed by atoms with E-state index in [0.29, 0.717) is 47.2 Å². The second-order valence-corrected chi connectivity index (χ2v) is 14.1. The van der Waals surface area contributed by atoms with E-state index in [9.17, 15) is 14.4 Å². The molecule has 0 aromatic heterocycles. The van der Waals surface area contributed by atoms with Crippen molar-refractivity contribution in [2.24, 2.45) is 52.3 Å². The number of ketones is 1. The maximum absolute atomic E-state index is 13.1. The molecule has 0 spiro atoms. The number of hydrogen-bond acceptors (Lipinski definition) is 6. The lowest BCUT2D eigenvalue weighted by Crippen LogP contribution is -2.56. The molecule has 37 heavy (non-hydrogen) atoms. The van der Waals surface area contributed by atoms with Gasteiger partial charge in [0.15, 0.2) is 0 Å². The second kappa shape index (κ2) is 9.95. The Balaban J connectivity index is 1.39. The number of Topliss-reactive ketones (excluding diaryl/α,β-unsaturated/α-hetero) is 1. The van der Waals surface area contributed by atoms with Crippen LogP contribution in [0.3, 0.4) is 0 Å². The number of carbonyl (C=O) groups excluding carboxylic acids is 3. The number of fused-ring (bicyclic) bond motifs is 5. The summed E-state index contributed by atoms with van der Waals surface area (Å²) < 4.78 is 11.7. The average Bonchev–Trinajstić information content (AvgIpc) is 3.09. The number of rotatable bonds is 4. The van der Waals surface area contributed by atoms with Gasteiger partial charge in [0.05, 0.1) is 6.04 Å². The molecule has 208 valence electrons. The second-order valence-electron chi connectivity index (χ2n) is 14.1. The van der Waals surface area contributed by atoms with Gasteiger partial charge in [0.25, 0.3) is 0 Å². The molecule has 4 aliphatic carbocycles. The van der Waals surface area contributed by atoms with Crippen molar-refractivity contribution in [1.29, 1.82) is 0 Å². The van der Waals surface area contributed by atoms with E-state index in [-0.39, 0.29) is 47.4 Å². The number of carbonyl (C=O) groups is 3. The van der Waals surface area contributed by atoms with Gasteiger partial charge in [-0.15, -0.1) is 0 Å². The van der Waals surface area contributed by atoms with E-state index >= 15 is 0 Å². The minimum absolute atomic E-state index is 0.0733. The lowest BCUT2D eigenvalue weighted by Gasteiger charge is -2.61. The van der Waals surface area contributed by atoms with Crippen LogP contribution in [-0.2, 0) is 23.9 Å². The van der Waals surface area contributed by atoms with Gasteiger partial charge < -0.3 is 14.8 Å². The fraction of sp³-hybridized carbons (Fsp3) is 0.903. The predicted molar refractivity (Wildman–Crippen MR) is 141 cm³/mol. The molecule has 1 N–H and O–H groups in total. The molecular weight excluding hydrogens is 466 g/mol. The van der Waals surface area contributed by atoms with Crippen molar-refractivity contribution < 1.29 is 23.9 Å². The van der Waals surface area contributed by atoms with Gasteiger partial charge in [-0.3, -0.25) is 14.4 Å². The zero-order chi connectivity index (χ0) is 26.7. The highest BCUT2D eigenvalue weighted by molar-refractivity contribution is 5.85. The van der Waals surface area contributed by atoms with Crippen LogP contribution in [0.2, 0.25) is 0 Å². The lowest BCUT2D eigenvalue weighted by molar-refractivity contribution is -0.161. The van der Waals surface area contributed by atoms with Crippen molar-refractivity contribution >= 4 is 17.7 Å². The molecule has 4 saturated carbocycles. The van der Waals surface area contributed by atoms with Gasteiger partial charge in [0, 0.05) is 26.2 Å². The Labute approximate surface area is 223 Å². The Kier molecular flexibility index (Phi) is 7.30. The minimum Gasteiger partial charge on any atom is -0.463 e. The monoisotopic (exact) mass is 515 g/mol. The van der Waals surface area contributed by atoms with Gasteiger partial charge in [-0.05, 0) is 104 Å². The summed E-state index contributed by atoms with van der Waals surface area (Å²) in [5.74, 6) is 3.13. The van der Waals surface area contributed by atoms with Crippen LogP contribution in [0.25, 0.3) is 0 Å². The smallest absolute Gasteiger partial charge is 0.302 e. The van der Waals surface area contributed by atoms with E-state index in [1.165, 1.54) is 33.1 Å². The third-order valence-electron chi connectivity index (χ3n) is 12.0. The zero-order valence-corrected chi connectivity index (χ0v) is 23.9. The van der Waals surface area contributed by atoms with Gasteiger partial charge in [-0.2, -0.15) is 0 Å². The highest BCUT2D eigenvalue weighted by Gasteiger charge is 2.64. The number of ether oxygens (including phenoxy) is 2. The zero-order valence-electron chi connectivity index (χ0n) is 23.9. The van der Waals surface area contributed by atoms with Crippen molar-refractivity contribution in [3.63, 3.8) is 0 Å². The Morgan fingerprint density at radius 1 is 0.946 bits per heavy atom. The van der Waals surface area contributed by atoms with Crippen molar-refractivity contribution in [1.82, 2.24) is 5.32 Å². The van der Waals surface area contributed by atoms with Gasteiger partial charge in [-0.25, -0.2) is 0 Å². The maximum Gasteiger partial charge on any atom is 0.302 e. The highest BCUT2D eigenvalue weighted by Crippen LogP contribution is 2.68. The van der Waals surface area contributed by atoms with Crippen LogP contribution >= 0.6 is 0 Å². The number of piperidine rings is 1. The molecule has 0 unspecified atom stereocenters. The summed E-state index contributed by atoms with van der Waals surface area (Å²) in [4.78, 5) is 37.0. The van der Waals surface area contributed by atoms with Gasteiger partial charge in [-0.1, -0.05) is 27.7 Å². The molecule has 0 radical (unpaired) electrons. The minimum atomic E-state index is -0.197. The molecule has 5 aliphatic rings. The molecule has 6 heteroatoms. The number of nitrogens with one attached hydrogen (secondary N) is 1. The summed E-state index contributed by atoms with van der Waals surface area (Å²) in [7, 11) is 0. The Morgan fingerprint density at radius 2 is 1.65 bits per heavy atom. The van der Waals surface area contributed by atoms with Crippen molar-refractivity contribution in [3.8, 4) is 0 Å². The van der Waals surface area contributed by atoms with Crippen molar-refractivity contribution in [2.45, 2.75) is 118 Å². The average molecular weight is 516 g/mol. The van der Waals surface area contributed by atoms with Crippen LogP contribution in [0, 0.1) is 52.3 Å². The molecule has 1 saturated heterocycles. The first-order valence-corrected chi connectivity index (χ1v) is 15.0. The Morgan fingerprint density at radius 3 is 2.32 bits per heavy atom.